The van der Waals surface area contributed by atoms with Crippen molar-refractivity contribution >= 4 is 12.0 Å². The molecule has 4 nitrogen and oxygen atoms in total. The van der Waals surface area contributed by atoms with E-state index in [2.05, 4.69) is 26.1 Å². The lowest BCUT2D eigenvalue weighted by atomic mass is 10.1. The summed E-state index contributed by atoms with van der Waals surface area (Å²) in [7, 11) is 1.62. The Bertz CT molecular complexity index is 523. The minimum absolute atomic E-state index is 0.0787. The summed E-state index contributed by atoms with van der Waals surface area (Å²) < 4.78 is 11.1. The third kappa shape index (κ3) is 7.22. The van der Waals surface area contributed by atoms with Crippen LogP contribution in [0.25, 0.3) is 6.08 Å². The van der Waals surface area contributed by atoms with Gasteiger partial charge in [0.1, 0.15) is 0 Å². The van der Waals surface area contributed by atoms with Crippen molar-refractivity contribution in [2.45, 2.75) is 46.6 Å². The first-order valence-electron chi connectivity index (χ1n) is 8.25. The third-order valence-electron chi connectivity index (χ3n) is 3.30. The monoisotopic (exact) mass is 319 g/mol. The second kappa shape index (κ2) is 9.93. The zero-order valence-electron chi connectivity index (χ0n) is 14.9. The molecule has 0 saturated carbocycles. The molecule has 1 atom stereocenters. The van der Waals surface area contributed by atoms with Crippen molar-refractivity contribution in [3.05, 3.63) is 29.8 Å². The van der Waals surface area contributed by atoms with E-state index in [1.54, 1.807) is 19.3 Å². The number of ether oxygens (including phenoxy) is 2. The molecule has 0 aliphatic rings. The molecule has 0 fully saturated rings. The van der Waals surface area contributed by atoms with Crippen LogP contribution in [-0.4, -0.2) is 25.7 Å². The van der Waals surface area contributed by atoms with Crippen molar-refractivity contribution in [1.29, 1.82) is 0 Å². The molecule has 0 bridgehead atoms. The van der Waals surface area contributed by atoms with Gasteiger partial charge < -0.3 is 14.8 Å². The van der Waals surface area contributed by atoms with Gasteiger partial charge in [-0.15, -0.1) is 0 Å². The van der Waals surface area contributed by atoms with Gasteiger partial charge in [-0.05, 0) is 43.0 Å². The maximum atomic E-state index is 11.8. The maximum Gasteiger partial charge on any atom is 0.244 e. The smallest absolute Gasteiger partial charge is 0.244 e. The van der Waals surface area contributed by atoms with Crippen molar-refractivity contribution in [2.75, 3.05) is 13.7 Å². The highest BCUT2D eigenvalue weighted by molar-refractivity contribution is 5.91. The average molecular weight is 319 g/mol. The van der Waals surface area contributed by atoms with E-state index >= 15 is 0 Å². The zero-order chi connectivity index (χ0) is 17.2. The molecule has 1 rings (SSSR count). The molecule has 1 unspecified atom stereocenters. The van der Waals surface area contributed by atoms with Crippen molar-refractivity contribution in [1.82, 2.24) is 5.32 Å². The van der Waals surface area contributed by atoms with E-state index in [1.165, 1.54) is 0 Å². The summed E-state index contributed by atoms with van der Waals surface area (Å²) in [6.07, 6.45) is 5.37. The molecule has 0 aromatic heterocycles. The van der Waals surface area contributed by atoms with Crippen LogP contribution in [0, 0.1) is 5.92 Å². The van der Waals surface area contributed by atoms with E-state index in [0.717, 1.165) is 24.2 Å². The number of hydrogen-bond donors (Lipinski definition) is 1. The molecule has 0 radical (unpaired) electrons. The fourth-order valence-electron chi connectivity index (χ4n) is 2.13. The normalized spacial score (nSPS) is 12.4. The van der Waals surface area contributed by atoms with Gasteiger partial charge in [0.05, 0.1) is 13.7 Å². The van der Waals surface area contributed by atoms with Crippen molar-refractivity contribution in [3.63, 3.8) is 0 Å². The van der Waals surface area contributed by atoms with Gasteiger partial charge in [0.2, 0.25) is 5.91 Å². The Balaban J connectivity index is 2.70. The maximum absolute atomic E-state index is 11.8. The molecule has 4 heteroatoms. The fourth-order valence-corrected chi connectivity index (χ4v) is 2.13. The molecule has 1 amide bonds. The van der Waals surface area contributed by atoms with Crippen LogP contribution in [-0.2, 0) is 4.79 Å². The van der Waals surface area contributed by atoms with Gasteiger partial charge >= 0.3 is 0 Å². The van der Waals surface area contributed by atoms with Crippen LogP contribution in [0.3, 0.4) is 0 Å². The number of nitrogens with one attached hydrogen (secondary N) is 1. The second-order valence-electron chi connectivity index (χ2n) is 6.15. The quantitative estimate of drug-likeness (QED) is 0.699. The lowest BCUT2D eigenvalue weighted by molar-refractivity contribution is -0.117. The van der Waals surface area contributed by atoms with E-state index in [0.29, 0.717) is 18.3 Å². The fraction of sp³-hybridized carbons (Fsp3) is 0.526. The third-order valence-corrected chi connectivity index (χ3v) is 3.30. The van der Waals surface area contributed by atoms with Crippen LogP contribution in [0.15, 0.2) is 24.3 Å². The summed E-state index contributed by atoms with van der Waals surface area (Å²) >= 11 is 0. The molecule has 0 aliphatic carbocycles. The first-order chi connectivity index (χ1) is 11.0. The molecule has 1 N–H and O–H groups in total. The highest BCUT2D eigenvalue weighted by Gasteiger charge is 2.07. The van der Waals surface area contributed by atoms with Crippen molar-refractivity contribution in [3.8, 4) is 11.5 Å². The SMILES string of the molecule is CCCC(C)NC(=O)/C=C/c1ccc(OCC(C)C)c(OC)c1. The summed E-state index contributed by atoms with van der Waals surface area (Å²) in [5.41, 5.74) is 0.900. The Hall–Kier alpha value is -1.97. The van der Waals surface area contributed by atoms with Crippen LogP contribution in [0.5, 0.6) is 11.5 Å². The molecular formula is C19H29NO3. The first kappa shape index (κ1) is 19.1. The molecule has 0 aliphatic heterocycles. The Morgan fingerprint density at radius 2 is 2.00 bits per heavy atom. The Morgan fingerprint density at radius 3 is 2.61 bits per heavy atom. The lowest BCUT2D eigenvalue weighted by Gasteiger charge is -2.13. The molecule has 0 saturated heterocycles. The minimum atomic E-state index is -0.0787. The van der Waals surface area contributed by atoms with Gasteiger partial charge in [-0.2, -0.15) is 0 Å². The van der Waals surface area contributed by atoms with Crippen molar-refractivity contribution < 1.29 is 14.3 Å². The van der Waals surface area contributed by atoms with Crippen LogP contribution in [0.2, 0.25) is 0 Å². The number of methoxy groups -OCH3 is 1. The molecule has 0 heterocycles. The van der Waals surface area contributed by atoms with E-state index < -0.39 is 0 Å². The molecule has 23 heavy (non-hydrogen) atoms. The topological polar surface area (TPSA) is 47.6 Å². The molecule has 0 spiro atoms. The van der Waals surface area contributed by atoms with Gasteiger partial charge in [0, 0.05) is 12.1 Å². The number of carbonyl (C=O) groups excluding carboxylic acids is 1. The Labute approximate surface area is 139 Å². The predicted molar refractivity (Wildman–Crippen MR) is 94.9 cm³/mol. The van der Waals surface area contributed by atoms with Crippen molar-refractivity contribution in [2.24, 2.45) is 5.92 Å². The summed E-state index contributed by atoms with van der Waals surface area (Å²) in [6, 6.07) is 5.85. The van der Waals surface area contributed by atoms with Crippen LogP contribution < -0.4 is 14.8 Å². The van der Waals surface area contributed by atoms with Gasteiger partial charge in [0.15, 0.2) is 11.5 Å². The minimum Gasteiger partial charge on any atom is -0.493 e. The lowest BCUT2D eigenvalue weighted by Crippen LogP contribution is -2.30. The first-order valence-corrected chi connectivity index (χ1v) is 8.25. The van der Waals surface area contributed by atoms with E-state index in [9.17, 15) is 4.79 Å². The molecule has 1 aromatic rings. The molecule has 1 aromatic carbocycles. The molecule has 128 valence electrons. The molecular weight excluding hydrogens is 290 g/mol. The Kier molecular flexibility index (Phi) is 8.23. The second-order valence-corrected chi connectivity index (χ2v) is 6.15. The number of amides is 1. The van der Waals surface area contributed by atoms with Gasteiger partial charge in [0.25, 0.3) is 0 Å². The predicted octanol–water partition coefficient (Wildman–Crippen LogP) is 4.05. The number of carbonyl (C=O) groups is 1. The summed E-state index contributed by atoms with van der Waals surface area (Å²) in [5.74, 6) is 1.77. The van der Waals surface area contributed by atoms with E-state index in [4.69, 9.17) is 9.47 Å². The standard InChI is InChI=1S/C19H29NO3/c1-6-7-15(4)20-19(21)11-9-16-8-10-17(18(12-16)22-5)23-13-14(2)3/h8-12,14-15H,6-7,13H2,1-5H3,(H,20,21)/b11-9+. The van der Waals surface area contributed by atoms with E-state index in [-0.39, 0.29) is 11.9 Å². The largest absolute Gasteiger partial charge is 0.493 e. The number of benzene rings is 1. The van der Waals surface area contributed by atoms with Gasteiger partial charge in [-0.1, -0.05) is 33.3 Å². The van der Waals surface area contributed by atoms with Crippen LogP contribution in [0.1, 0.15) is 46.1 Å². The average Bonchev–Trinajstić information content (AvgIpc) is 2.51. The number of rotatable bonds is 9. The highest BCUT2D eigenvalue weighted by Crippen LogP contribution is 2.28. The zero-order valence-corrected chi connectivity index (χ0v) is 14.9. The Morgan fingerprint density at radius 1 is 1.26 bits per heavy atom. The summed E-state index contributed by atoms with van der Waals surface area (Å²) in [6.45, 7) is 8.96. The van der Waals surface area contributed by atoms with E-state index in [1.807, 2.05) is 25.1 Å². The van der Waals surface area contributed by atoms with Gasteiger partial charge in [-0.3, -0.25) is 4.79 Å². The van der Waals surface area contributed by atoms with Crippen LogP contribution in [0.4, 0.5) is 0 Å². The summed E-state index contributed by atoms with van der Waals surface area (Å²) in [4.78, 5) is 11.8. The highest BCUT2D eigenvalue weighted by atomic mass is 16.5. The van der Waals surface area contributed by atoms with Crippen LogP contribution >= 0.6 is 0 Å². The number of hydrogen-bond acceptors (Lipinski definition) is 3. The van der Waals surface area contributed by atoms with Gasteiger partial charge in [-0.25, -0.2) is 0 Å². The summed E-state index contributed by atoms with van der Waals surface area (Å²) in [5, 5.41) is 2.94.